The zero-order valence-electron chi connectivity index (χ0n) is 15.5. The van der Waals surface area contributed by atoms with E-state index in [-0.39, 0.29) is 12.5 Å². The number of amides is 1. The molecule has 3 rings (SSSR count). The van der Waals surface area contributed by atoms with Gasteiger partial charge in [0.25, 0.3) is 0 Å². The lowest BCUT2D eigenvalue weighted by Crippen LogP contribution is -2.21. The topological polar surface area (TPSA) is 83.8 Å². The molecule has 1 heterocycles. The number of nitrogen functional groups attached to an aromatic ring is 1. The molecule has 0 spiro atoms. The zero-order chi connectivity index (χ0) is 19.4. The van der Waals surface area contributed by atoms with E-state index in [1.165, 1.54) is 5.56 Å². The molecule has 1 aromatic heterocycles. The van der Waals surface area contributed by atoms with Crippen LogP contribution >= 0.6 is 0 Å². The van der Waals surface area contributed by atoms with Gasteiger partial charge in [-0.15, -0.1) is 0 Å². The molecule has 5 nitrogen and oxygen atoms in total. The Bertz CT molecular complexity index is 993. The Morgan fingerprint density at radius 3 is 2.26 bits per heavy atom. The van der Waals surface area contributed by atoms with Gasteiger partial charge in [0.2, 0.25) is 5.91 Å². The molecule has 0 atom stereocenters. The molecule has 0 aliphatic rings. The normalized spacial score (nSPS) is 10.4. The summed E-state index contributed by atoms with van der Waals surface area (Å²) in [4.78, 5) is 12.5. The van der Waals surface area contributed by atoms with Crippen molar-refractivity contribution in [3.05, 3.63) is 82.7 Å². The Kier molecular flexibility index (Phi) is 5.28. The fraction of sp³-hybridized carbons (Fsp3) is 0.182. The van der Waals surface area contributed by atoms with Crippen molar-refractivity contribution in [1.29, 1.82) is 5.26 Å². The van der Waals surface area contributed by atoms with Gasteiger partial charge in [-0.2, -0.15) is 5.26 Å². The molecule has 0 unspecified atom stereocenters. The van der Waals surface area contributed by atoms with Crippen LogP contribution in [0.3, 0.4) is 0 Å². The van der Waals surface area contributed by atoms with Crippen LogP contribution in [0.4, 0.5) is 11.4 Å². The second kappa shape index (κ2) is 7.79. The number of aryl methyl sites for hydroxylation is 2. The summed E-state index contributed by atoms with van der Waals surface area (Å²) in [6.07, 6.45) is 0.561. The molecule has 3 N–H and O–H groups in total. The van der Waals surface area contributed by atoms with Crippen LogP contribution in [0.2, 0.25) is 0 Å². The Morgan fingerprint density at radius 1 is 1.07 bits per heavy atom. The summed E-state index contributed by atoms with van der Waals surface area (Å²) in [6.45, 7) is 4.06. The number of nitriles is 1. The lowest BCUT2D eigenvalue weighted by Gasteiger charge is -2.12. The third-order valence-corrected chi connectivity index (χ3v) is 4.49. The predicted octanol–water partition coefficient (Wildman–Crippen LogP) is 3.79. The van der Waals surface area contributed by atoms with Gasteiger partial charge >= 0.3 is 0 Å². The highest BCUT2D eigenvalue weighted by Gasteiger charge is 2.16. The van der Waals surface area contributed by atoms with Crippen LogP contribution in [0.5, 0.6) is 0 Å². The molecule has 3 aromatic rings. The van der Waals surface area contributed by atoms with Gasteiger partial charge < -0.3 is 15.6 Å². The van der Waals surface area contributed by atoms with Crippen molar-refractivity contribution in [2.75, 3.05) is 11.1 Å². The van der Waals surface area contributed by atoms with E-state index in [2.05, 4.69) is 11.4 Å². The Morgan fingerprint density at radius 2 is 1.67 bits per heavy atom. The Hall–Kier alpha value is -3.52. The quantitative estimate of drug-likeness (QED) is 0.728. The lowest BCUT2D eigenvalue weighted by atomic mass is 10.1. The molecule has 0 aliphatic carbocycles. The molecule has 1 amide bonds. The first-order valence-electron chi connectivity index (χ1n) is 8.76. The van der Waals surface area contributed by atoms with Gasteiger partial charge in [-0.05, 0) is 37.6 Å². The van der Waals surface area contributed by atoms with Crippen LogP contribution in [0.1, 0.15) is 28.1 Å². The highest BCUT2D eigenvalue weighted by molar-refractivity contribution is 5.90. The number of nitrogens with two attached hydrogens (primary N) is 1. The number of nitrogens with zero attached hydrogens (tertiary/aromatic N) is 2. The standard InChI is InChI=1S/C22H22N4O/c1-15-3-7-17(8-4-15)11-21-20(24)12-19(13-23)26(21)14-22(27)25-18-9-5-16(2)6-10-18/h3-10,12H,11,14,24H2,1-2H3,(H,25,27). The third kappa shape index (κ3) is 4.36. The summed E-state index contributed by atoms with van der Waals surface area (Å²) in [7, 11) is 0. The lowest BCUT2D eigenvalue weighted by molar-refractivity contribution is -0.116. The van der Waals surface area contributed by atoms with E-state index in [1.54, 1.807) is 10.6 Å². The van der Waals surface area contributed by atoms with E-state index < -0.39 is 0 Å². The number of nitrogens with one attached hydrogen (secondary N) is 1. The highest BCUT2D eigenvalue weighted by atomic mass is 16.1. The molecule has 0 aliphatic heterocycles. The average Bonchev–Trinajstić information content (AvgIpc) is 2.94. The summed E-state index contributed by atoms with van der Waals surface area (Å²) < 4.78 is 1.69. The van der Waals surface area contributed by atoms with Gasteiger partial charge in [-0.1, -0.05) is 47.5 Å². The maximum absolute atomic E-state index is 12.5. The van der Waals surface area contributed by atoms with Crippen molar-refractivity contribution in [3.8, 4) is 6.07 Å². The summed E-state index contributed by atoms with van der Waals surface area (Å²) in [5.41, 5.74) is 11.9. The minimum Gasteiger partial charge on any atom is -0.397 e. The van der Waals surface area contributed by atoms with Crippen LogP contribution in [0.25, 0.3) is 0 Å². The number of anilines is 2. The molecular weight excluding hydrogens is 336 g/mol. The minimum atomic E-state index is -0.198. The van der Waals surface area contributed by atoms with E-state index in [0.29, 0.717) is 17.8 Å². The molecule has 2 aromatic carbocycles. The molecule has 136 valence electrons. The molecule has 0 fully saturated rings. The fourth-order valence-electron chi connectivity index (χ4n) is 2.96. The van der Waals surface area contributed by atoms with Crippen molar-refractivity contribution in [3.63, 3.8) is 0 Å². The van der Waals surface area contributed by atoms with Gasteiger partial charge in [-0.25, -0.2) is 0 Å². The third-order valence-electron chi connectivity index (χ3n) is 4.49. The molecule has 0 saturated heterocycles. The van der Waals surface area contributed by atoms with E-state index in [1.807, 2.05) is 62.4 Å². The van der Waals surface area contributed by atoms with Crippen LogP contribution in [-0.4, -0.2) is 10.5 Å². The SMILES string of the molecule is Cc1ccc(Cc2c(N)cc(C#N)n2CC(=O)Nc2ccc(C)cc2)cc1. The monoisotopic (exact) mass is 358 g/mol. The van der Waals surface area contributed by atoms with Gasteiger partial charge in [0, 0.05) is 17.8 Å². The summed E-state index contributed by atoms with van der Waals surface area (Å²) in [6, 6.07) is 19.5. The summed E-state index contributed by atoms with van der Waals surface area (Å²) >= 11 is 0. The molecule has 0 saturated carbocycles. The van der Waals surface area contributed by atoms with Crippen molar-refractivity contribution in [1.82, 2.24) is 4.57 Å². The number of benzene rings is 2. The van der Waals surface area contributed by atoms with Crippen LogP contribution < -0.4 is 11.1 Å². The van der Waals surface area contributed by atoms with E-state index in [4.69, 9.17) is 5.73 Å². The molecule has 5 heteroatoms. The van der Waals surface area contributed by atoms with Crippen molar-refractivity contribution < 1.29 is 4.79 Å². The van der Waals surface area contributed by atoms with Crippen molar-refractivity contribution in [2.45, 2.75) is 26.8 Å². The van der Waals surface area contributed by atoms with Crippen LogP contribution in [0.15, 0.2) is 54.6 Å². The van der Waals surface area contributed by atoms with Gasteiger partial charge in [-0.3, -0.25) is 4.79 Å². The first-order valence-corrected chi connectivity index (χ1v) is 8.76. The molecule has 0 radical (unpaired) electrons. The maximum atomic E-state index is 12.5. The first kappa shape index (κ1) is 18.3. The maximum Gasteiger partial charge on any atom is 0.244 e. The van der Waals surface area contributed by atoms with Crippen molar-refractivity contribution >= 4 is 17.3 Å². The number of hydrogen-bond donors (Lipinski definition) is 2. The Balaban J connectivity index is 1.83. The number of rotatable bonds is 5. The molecular formula is C22H22N4O. The van der Waals surface area contributed by atoms with Crippen LogP contribution in [-0.2, 0) is 17.8 Å². The van der Waals surface area contributed by atoms with E-state index >= 15 is 0 Å². The fourth-order valence-corrected chi connectivity index (χ4v) is 2.96. The van der Waals surface area contributed by atoms with Crippen LogP contribution in [0, 0.1) is 25.2 Å². The van der Waals surface area contributed by atoms with E-state index in [0.717, 1.165) is 22.5 Å². The average molecular weight is 358 g/mol. The second-order valence-electron chi connectivity index (χ2n) is 6.71. The Labute approximate surface area is 159 Å². The van der Waals surface area contributed by atoms with Gasteiger partial charge in [0.1, 0.15) is 18.3 Å². The second-order valence-corrected chi connectivity index (χ2v) is 6.71. The van der Waals surface area contributed by atoms with E-state index in [9.17, 15) is 10.1 Å². The van der Waals surface area contributed by atoms with Gasteiger partial charge in [0.05, 0.1) is 5.69 Å². The largest absolute Gasteiger partial charge is 0.397 e. The number of aromatic nitrogens is 1. The molecule has 0 bridgehead atoms. The number of carbonyl (C=O) groups is 1. The molecule has 27 heavy (non-hydrogen) atoms. The minimum absolute atomic E-state index is 0.0369. The smallest absolute Gasteiger partial charge is 0.244 e. The zero-order valence-corrected chi connectivity index (χ0v) is 15.5. The first-order chi connectivity index (χ1) is 13.0. The number of hydrogen-bond acceptors (Lipinski definition) is 3. The summed E-state index contributed by atoms with van der Waals surface area (Å²) in [5, 5.41) is 12.3. The van der Waals surface area contributed by atoms with Crippen molar-refractivity contribution in [2.24, 2.45) is 0 Å². The summed E-state index contributed by atoms with van der Waals surface area (Å²) in [5.74, 6) is -0.198. The predicted molar refractivity (Wildman–Crippen MR) is 107 cm³/mol. The highest BCUT2D eigenvalue weighted by Crippen LogP contribution is 2.22. The van der Waals surface area contributed by atoms with Gasteiger partial charge in [0.15, 0.2) is 0 Å². The number of carbonyl (C=O) groups excluding carboxylic acids is 1.